The Hall–Kier alpha value is -3.44. The summed E-state index contributed by atoms with van der Waals surface area (Å²) in [7, 11) is 3.06. The first-order valence-electron chi connectivity index (χ1n) is 8.53. The van der Waals surface area contributed by atoms with Gasteiger partial charge in [-0.1, -0.05) is 12.1 Å². The number of para-hydroxylation sites is 1. The quantitative estimate of drug-likeness (QED) is 0.382. The van der Waals surface area contributed by atoms with Crippen LogP contribution in [0.5, 0.6) is 11.5 Å². The third-order valence-corrected chi connectivity index (χ3v) is 4.58. The van der Waals surface area contributed by atoms with Crippen molar-refractivity contribution in [2.75, 3.05) is 31.9 Å². The van der Waals surface area contributed by atoms with Gasteiger partial charge >= 0.3 is 5.97 Å². The maximum Gasteiger partial charge on any atom is 0.331 e. The summed E-state index contributed by atoms with van der Waals surface area (Å²) in [5.41, 5.74) is 1.20. The fourth-order valence-corrected chi connectivity index (χ4v) is 2.97. The Morgan fingerprint density at radius 1 is 1.17 bits per heavy atom. The Labute approximate surface area is 173 Å². The summed E-state index contributed by atoms with van der Waals surface area (Å²) in [6.07, 6.45) is 2.73. The second-order valence-corrected chi connectivity index (χ2v) is 6.56. The number of benzene rings is 2. The molecule has 0 spiro atoms. The number of hydrogen-bond acceptors (Lipinski definition) is 7. The van der Waals surface area contributed by atoms with Gasteiger partial charge < -0.3 is 19.5 Å². The molecule has 0 aliphatic heterocycles. The zero-order chi connectivity index (χ0) is 21.1. The molecule has 0 bridgehead atoms. The van der Waals surface area contributed by atoms with Crippen LogP contribution in [0.3, 0.4) is 0 Å². The van der Waals surface area contributed by atoms with Crippen LogP contribution in [-0.4, -0.2) is 38.5 Å². The van der Waals surface area contributed by atoms with Gasteiger partial charge in [-0.05, 0) is 36.4 Å². The number of anilines is 1. The number of carbonyl (C=O) groups is 2. The zero-order valence-electron chi connectivity index (χ0n) is 16.0. The van der Waals surface area contributed by atoms with E-state index in [4.69, 9.17) is 19.5 Å². The number of nitrogens with one attached hydrogen (secondary N) is 1. The predicted octanol–water partition coefficient (Wildman–Crippen LogP) is 3.51. The van der Waals surface area contributed by atoms with Crippen LogP contribution in [0.15, 0.2) is 53.4 Å². The van der Waals surface area contributed by atoms with Crippen molar-refractivity contribution in [3.05, 3.63) is 54.1 Å². The lowest BCUT2D eigenvalue weighted by Crippen LogP contribution is -2.20. The number of nitriles is 1. The van der Waals surface area contributed by atoms with E-state index in [9.17, 15) is 9.59 Å². The summed E-state index contributed by atoms with van der Waals surface area (Å²) >= 11 is 1.31. The van der Waals surface area contributed by atoms with Gasteiger partial charge in [0.05, 0.1) is 31.7 Å². The summed E-state index contributed by atoms with van der Waals surface area (Å²) in [5, 5.41) is 11.4. The maximum atomic E-state index is 12.1. The molecule has 29 heavy (non-hydrogen) atoms. The maximum absolute atomic E-state index is 12.1. The minimum absolute atomic E-state index is 0.264. The molecule has 0 unspecified atom stereocenters. The van der Waals surface area contributed by atoms with Gasteiger partial charge in [0.25, 0.3) is 5.91 Å². The molecular formula is C21H20N2O5S. The third-order valence-electron chi connectivity index (χ3n) is 3.63. The number of ether oxygens (including phenoxy) is 3. The molecule has 2 rings (SSSR count). The SMILES string of the molecule is COc1ccc(OC)c(/C=C/C(=O)OCC(=O)Nc2ccccc2SCC#N)c1. The molecule has 0 saturated carbocycles. The molecule has 2 aromatic rings. The van der Waals surface area contributed by atoms with Crippen LogP contribution >= 0.6 is 11.8 Å². The van der Waals surface area contributed by atoms with E-state index < -0.39 is 18.5 Å². The second-order valence-electron chi connectivity index (χ2n) is 5.54. The Morgan fingerprint density at radius 3 is 2.69 bits per heavy atom. The first-order valence-corrected chi connectivity index (χ1v) is 9.51. The van der Waals surface area contributed by atoms with E-state index in [1.54, 1.807) is 43.5 Å². The molecule has 0 atom stereocenters. The van der Waals surface area contributed by atoms with Crippen LogP contribution in [-0.2, 0) is 14.3 Å². The van der Waals surface area contributed by atoms with Gasteiger partial charge in [-0.3, -0.25) is 4.79 Å². The number of methoxy groups -OCH3 is 2. The Balaban J connectivity index is 1.92. The third kappa shape index (κ3) is 6.90. The second kappa shape index (κ2) is 11.4. The summed E-state index contributed by atoms with van der Waals surface area (Å²) in [6.45, 7) is -0.435. The van der Waals surface area contributed by atoms with Gasteiger partial charge in [-0.2, -0.15) is 5.26 Å². The summed E-state index contributed by atoms with van der Waals surface area (Å²) in [4.78, 5) is 24.8. The molecule has 8 heteroatoms. The van der Waals surface area contributed by atoms with Crippen molar-refractivity contribution in [2.45, 2.75) is 4.90 Å². The van der Waals surface area contributed by atoms with Gasteiger partial charge in [-0.15, -0.1) is 11.8 Å². The highest BCUT2D eigenvalue weighted by molar-refractivity contribution is 7.99. The highest BCUT2D eigenvalue weighted by Crippen LogP contribution is 2.27. The average molecular weight is 412 g/mol. The largest absolute Gasteiger partial charge is 0.497 e. The van der Waals surface area contributed by atoms with Crippen LogP contribution in [0.25, 0.3) is 6.08 Å². The molecule has 0 heterocycles. The fraction of sp³-hybridized carbons (Fsp3) is 0.190. The molecule has 0 fully saturated rings. The topological polar surface area (TPSA) is 97.7 Å². The van der Waals surface area contributed by atoms with Crippen molar-refractivity contribution >= 4 is 35.4 Å². The lowest BCUT2D eigenvalue weighted by Gasteiger charge is -2.09. The van der Waals surface area contributed by atoms with Gasteiger partial charge in [0.2, 0.25) is 0 Å². The number of thioether (sulfide) groups is 1. The van der Waals surface area contributed by atoms with E-state index in [1.165, 1.54) is 31.0 Å². The molecular weight excluding hydrogens is 392 g/mol. The van der Waals surface area contributed by atoms with E-state index in [0.717, 1.165) is 4.90 Å². The molecule has 0 aliphatic carbocycles. The molecule has 7 nitrogen and oxygen atoms in total. The Morgan fingerprint density at radius 2 is 1.97 bits per heavy atom. The van der Waals surface area contributed by atoms with Crippen LogP contribution in [0.2, 0.25) is 0 Å². The molecule has 1 amide bonds. The normalized spacial score (nSPS) is 10.2. The number of amides is 1. The molecule has 0 saturated heterocycles. The van der Waals surface area contributed by atoms with Gasteiger partial charge in [0.15, 0.2) is 6.61 Å². The molecule has 150 valence electrons. The lowest BCUT2D eigenvalue weighted by molar-refractivity contribution is -0.142. The van der Waals surface area contributed by atoms with Crippen molar-refractivity contribution in [3.8, 4) is 17.6 Å². The van der Waals surface area contributed by atoms with Crippen LogP contribution < -0.4 is 14.8 Å². The molecule has 2 aromatic carbocycles. The van der Waals surface area contributed by atoms with E-state index in [2.05, 4.69) is 5.32 Å². The van der Waals surface area contributed by atoms with Gasteiger partial charge in [-0.25, -0.2) is 4.79 Å². The highest BCUT2D eigenvalue weighted by Gasteiger charge is 2.09. The minimum Gasteiger partial charge on any atom is -0.497 e. The van der Waals surface area contributed by atoms with E-state index in [0.29, 0.717) is 22.7 Å². The molecule has 0 aromatic heterocycles. The number of hydrogen-bond donors (Lipinski definition) is 1. The van der Waals surface area contributed by atoms with Gasteiger partial charge in [0.1, 0.15) is 11.5 Å². The molecule has 0 aliphatic rings. The van der Waals surface area contributed by atoms with E-state index in [1.807, 2.05) is 12.1 Å². The van der Waals surface area contributed by atoms with Crippen LogP contribution in [0.4, 0.5) is 5.69 Å². The fourth-order valence-electron chi connectivity index (χ4n) is 2.30. The number of rotatable bonds is 9. The number of esters is 1. The van der Waals surface area contributed by atoms with Gasteiger partial charge in [0, 0.05) is 16.5 Å². The number of nitrogens with zero attached hydrogens (tertiary/aromatic N) is 1. The highest BCUT2D eigenvalue weighted by atomic mass is 32.2. The van der Waals surface area contributed by atoms with Crippen LogP contribution in [0.1, 0.15) is 5.56 Å². The van der Waals surface area contributed by atoms with Crippen molar-refractivity contribution < 1.29 is 23.8 Å². The Kier molecular flexibility index (Phi) is 8.60. The summed E-state index contributed by atoms with van der Waals surface area (Å²) in [6, 6.07) is 14.3. The minimum atomic E-state index is -0.669. The monoisotopic (exact) mass is 412 g/mol. The first-order chi connectivity index (χ1) is 14.1. The summed E-state index contributed by atoms with van der Waals surface area (Å²) < 4.78 is 15.4. The zero-order valence-corrected chi connectivity index (χ0v) is 16.8. The van der Waals surface area contributed by atoms with E-state index in [-0.39, 0.29) is 5.75 Å². The summed E-state index contributed by atoms with van der Waals surface area (Å²) in [5.74, 6) is 0.304. The van der Waals surface area contributed by atoms with Crippen molar-refractivity contribution in [1.29, 1.82) is 5.26 Å². The lowest BCUT2D eigenvalue weighted by atomic mass is 10.1. The Bertz CT molecular complexity index is 937. The predicted molar refractivity (Wildman–Crippen MR) is 111 cm³/mol. The molecule has 0 radical (unpaired) electrons. The molecule has 1 N–H and O–H groups in total. The standard InChI is InChI=1S/C21H20N2O5S/c1-26-16-8-9-18(27-2)15(13-16)7-10-21(25)28-14-20(24)23-17-5-3-4-6-19(17)29-12-11-22/h3-10,13H,12,14H2,1-2H3,(H,23,24)/b10-7+. The van der Waals surface area contributed by atoms with Crippen molar-refractivity contribution in [3.63, 3.8) is 0 Å². The average Bonchev–Trinajstić information content (AvgIpc) is 2.75. The van der Waals surface area contributed by atoms with Crippen molar-refractivity contribution in [1.82, 2.24) is 0 Å². The first kappa shape index (κ1) is 21.9. The van der Waals surface area contributed by atoms with Crippen LogP contribution in [0, 0.1) is 11.3 Å². The van der Waals surface area contributed by atoms with Crippen molar-refractivity contribution in [2.24, 2.45) is 0 Å². The number of carbonyl (C=O) groups excluding carboxylic acids is 2. The smallest absolute Gasteiger partial charge is 0.331 e. The van der Waals surface area contributed by atoms with E-state index >= 15 is 0 Å².